The van der Waals surface area contributed by atoms with Crippen LogP contribution >= 0.6 is 15.9 Å². The molecule has 0 spiro atoms. The molecule has 0 bridgehead atoms. The lowest BCUT2D eigenvalue weighted by Crippen LogP contribution is -1.99. The molecular formula is C13H14BrN3O2. The van der Waals surface area contributed by atoms with E-state index in [0.717, 1.165) is 29.7 Å². The van der Waals surface area contributed by atoms with Gasteiger partial charge in [0.25, 0.3) is 0 Å². The van der Waals surface area contributed by atoms with E-state index in [1.807, 2.05) is 12.1 Å². The van der Waals surface area contributed by atoms with Gasteiger partial charge in [0.05, 0.1) is 13.2 Å². The molecule has 1 fully saturated rings. The highest BCUT2D eigenvalue weighted by Gasteiger charge is 2.20. The maximum Gasteiger partial charge on any atom is 0.240 e. The minimum absolute atomic E-state index is 0.256. The normalized spacial score (nSPS) is 18.9. The van der Waals surface area contributed by atoms with Crippen molar-refractivity contribution in [3.05, 3.63) is 34.1 Å². The third kappa shape index (κ3) is 2.56. The number of benzene rings is 1. The largest absolute Gasteiger partial charge is 0.381 e. The highest BCUT2D eigenvalue weighted by molar-refractivity contribution is 9.10. The molecule has 1 unspecified atom stereocenters. The second-order valence-corrected chi connectivity index (χ2v) is 5.37. The van der Waals surface area contributed by atoms with E-state index in [0.29, 0.717) is 17.6 Å². The van der Waals surface area contributed by atoms with Crippen LogP contribution in [0.4, 0.5) is 0 Å². The molecule has 0 aliphatic carbocycles. The SMILES string of the molecule is NCc1nc(-c2ccc(C3CCOC3)c(Br)c2)no1. The standard InChI is InChI=1S/C13H14BrN3O2/c14-11-5-8(13-16-12(6-15)19-17-13)1-2-10(11)9-3-4-18-7-9/h1-2,5,9H,3-4,6-7,15H2. The highest BCUT2D eigenvalue weighted by atomic mass is 79.9. The molecule has 0 radical (unpaired) electrons. The van der Waals surface area contributed by atoms with Crippen molar-refractivity contribution >= 4 is 15.9 Å². The van der Waals surface area contributed by atoms with Gasteiger partial charge in [-0.15, -0.1) is 0 Å². The van der Waals surface area contributed by atoms with E-state index in [-0.39, 0.29) is 6.54 Å². The van der Waals surface area contributed by atoms with Crippen molar-refractivity contribution in [2.45, 2.75) is 18.9 Å². The maximum atomic E-state index is 5.46. The quantitative estimate of drug-likeness (QED) is 0.939. The third-order valence-corrected chi connectivity index (χ3v) is 3.96. The van der Waals surface area contributed by atoms with E-state index in [4.69, 9.17) is 15.0 Å². The zero-order valence-corrected chi connectivity index (χ0v) is 11.9. The van der Waals surface area contributed by atoms with Gasteiger partial charge in [-0.2, -0.15) is 4.98 Å². The summed E-state index contributed by atoms with van der Waals surface area (Å²) in [6.07, 6.45) is 1.07. The Balaban J connectivity index is 1.90. The average Bonchev–Trinajstić information content (AvgIpc) is 3.10. The van der Waals surface area contributed by atoms with Gasteiger partial charge in [0, 0.05) is 22.6 Å². The Morgan fingerprint density at radius 1 is 1.42 bits per heavy atom. The van der Waals surface area contributed by atoms with Crippen molar-refractivity contribution in [3.8, 4) is 11.4 Å². The molecule has 2 aromatic rings. The number of hydrogen-bond donors (Lipinski definition) is 1. The molecule has 5 nitrogen and oxygen atoms in total. The number of nitrogens with zero attached hydrogens (tertiary/aromatic N) is 2. The van der Waals surface area contributed by atoms with Gasteiger partial charge in [-0.25, -0.2) is 0 Å². The Bertz CT molecular complexity index is 579. The minimum Gasteiger partial charge on any atom is -0.381 e. The van der Waals surface area contributed by atoms with Crippen molar-refractivity contribution < 1.29 is 9.26 Å². The molecule has 1 saturated heterocycles. The van der Waals surface area contributed by atoms with E-state index in [1.54, 1.807) is 0 Å². The van der Waals surface area contributed by atoms with E-state index >= 15 is 0 Å². The highest BCUT2D eigenvalue weighted by Crippen LogP contribution is 2.33. The molecule has 6 heteroatoms. The van der Waals surface area contributed by atoms with Crippen LogP contribution in [0.15, 0.2) is 27.2 Å². The summed E-state index contributed by atoms with van der Waals surface area (Å²) in [5, 5.41) is 3.91. The minimum atomic E-state index is 0.256. The zero-order chi connectivity index (χ0) is 13.2. The molecule has 0 amide bonds. The van der Waals surface area contributed by atoms with Crippen LogP contribution in [0.3, 0.4) is 0 Å². The van der Waals surface area contributed by atoms with Crippen LogP contribution in [-0.4, -0.2) is 23.4 Å². The van der Waals surface area contributed by atoms with Crippen molar-refractivity contribution in [1.82, 2.24) is 10.1 Å². The molecular weight excluding hydrogens is 310 g/mol. The molecule has 2 N–H and O–H groups in total. The molecule has 1 aliphatic rings. The van der Waals surface area contributed by atoms with Crippen molar-refractivity contribution in [1.29, 1.82) is 0 Å². The summed E-state index contributed by atoms with van der Waals surface area (Å²) in [6.45, 7) is 1.88. The second-order valence-electron chi connectivity index (χ2n) is 4.51. The molecule has 1 aliphatic heterocycles. The Labute approximate surface area is 119 Å². The van der Waals surface area contributed by atoms with Crippen LogP contribution < -0.4 is 5.73 Å². The summed E-state index contributed by atoms with van der Waals surface area (Å²) in [5.41, 5.74) is 7.64. The first-order chi connectivity index (χ1) is 9.28. The number of halogens is 1. The van der Waals surface area contributed by atoms with Crippen LogP contribution in [0, 0.1) is 0 Å². The predicted octanol–water partition coefficient (Wildman–Crippen LogP) is 2.46. The van der Waals surface area contributed by atoms with Gasteiger partial charge < -0.3 is 15.0 Å². The molecule has 1 aromatic heterocycles. The van der Waals surface area contributed by atoms with Crippen LogP contribution in [-0.2, 0) is 11.3 Å². The van der Waals surface area contributed by atoms with Gasteiger partial charge in [0.15, 0.2) is 0 Å². The summed E-state index contributed by atoms with van der Waals surface area (Å²) in [5.74, 6) is 1.48. The first-order valence-electron chi connectivity index (χ1n) is 6.18. The molecule has 0 saturated carbocycles. The summed E-state index contributed by atoms with van der Waals surface area (Å²) < 4.78 is 11.5. The van der Waals surface area contributed by atoms with Gasteiger partial charge >= 0.3 is 0 Å². The number of aromatic nitrogens is 2. The Morgan fingerprint density at radius 3 is 2.95 bits per heavy atom. The average molecular weight is 324 g/mol. The van der Waals surface area contributed by atoms with Gasteiger partial charge in [-0.1, -0.05) is 33.2 Å². The predicted molar refractivity (Wildman–Crippen MR) is 73.5 cm³/mol. The van der Waals surface area contributed by atoms with Crippen LogP contribution in [0.5, 0.6) is 0 Å². The Kier molecular flexibility index (Phi) is 3.63. The maximum absolute atomic E-state index is 5.46. The molecule has 19 heavy (non-hydrogen) atoms. The second kappa shape index (κ2) is 5.40. The summed E-state index contributed by atoms with van der Waals surface area (Å²) >= 11 is 3.61. The summed E-state index contributed by atoms with van der Waals surface area (Å²) in [4.78, 5) is 4.22. The Hall–Kier alpha value is -1.24. The molecule has 3 rings (SSSR count). The summed E-state index contributed by atoms with van der Waals surface area (Å²) in [7, 11) is 0. The first-order valence-corrected chi connectivity index (χ1v) is 6.97. The van der Waals surface area contributed by atoms with Gasteiger partial charge in [0.1, 0.15) is 0 Å². The van der Waals surface area contributed by atoms with Crippen LogP contribution in [0.25, 0.3) is 11.4 Å². The fourth-order valence-electron chi connectivity index (χ4n) is 2.23. The van der Waals surface area contributed by atoms with E-state index in [1.165, 1.54) is 5.56 Å². The lowest BCUT2D eigenvalue weighted by Gasteiger charge is -2.11. The first kappa shape index (κ1) is 12.8. The smallest absolute Gasteiger partial charge is 0.240 e. The Morgan fingerprint density at radius 2 is 2.32 bits per heavy atom. The number of hydrogen-bond acceptors (Lipinski definition) is 5. The number of rotatable bonds is 3. The fourth-order valence-corrected chi connectivity index (χ4v) is 2.93. The van der Waals surface area contributed by atoms with E-state index in [9.17, 15) is 0 Å². The zero-order valence-electron chi connectivity index (χ0n) is 10.3. The molecule has 100 valence electrons. The molecule has 1 aromatic carbocycles. The fraction of sp³-hybridized carbons (Fsp3) is 0.385. The number of ether oxygens (including phenoxy) is 1. The third-order valence-electron chi connectivity index (χ3n) is 3.27. The number of nitrogens with two attached hydrogens (primary N) is 1. The van der Waals surface area contributed by atoms with Crippen molar-refractivity contribution in [2.75, 3.05) is 13.2 Å². The van der Waals surface area contributed by atoms with Gasteiger partial charge in [0.2, 0.25) is 11.7 Å². The van der Waals surface area contributed by atoms with Gasteiger partial charge in [-0.05, 0) is 18.1 Å². The van der Waals surface area contributed by atoms with E-state index in [2.05, 4.69) is 32.1 Å². The van der Waals surface area contributed by atoms with Crippen LogP contribution in [0.2, 0.25) is 0 Å². The molecule has 1 atom stereocenters. The molecule has 2 heterocycles. The monoisotopic (exact) mass is 323 g/mol. The summed E-state index contributed by atoms with van der Waals surface area (Å²) in [6, 6.07) is 6.11. The lowest BCUT2D eigenvalue weighted by molar-refractivity contribution is 0.194. The van der Waals surface area contributed by atoms with Crippen molar-refractivity contribution in [3.63, 3.8) is 0 Å². The van der Waals surface area contributed by atoms with E-state index < -0.39 is 0 Å². The van der Waals surface area contributed by atoms with Crippen molar-refractivity contribution in [2.24, 2.45) is 5.73 Å². The van der Waals surface area contributed by atoms with Crippen LogP contribution in [0.1, 0.15) is 23.8 Å². The van der Waals surface area contributed by atoms with Gasteiger partial charge in [-0.3, -0.25) is 0 Å². The lowest BCUT2D eigenvalue weighted by atomic mass is 9.97. The topological polar surface area (TPSA) is 74.2 Å².